The molecule has 1 amide bonds. The first-order chi connectivity index (χ1) is 11.5. The molecule has 0 fully saturated rings. The van der Waals surface area contributed by atoms with Crippen LogP contribution >= 0.6 is 11.6 Å². The SMILES string of the molecule is CC(C)NC(=O)CCNc1ccc(OCc2ccc(Cl)cc2)cc1. The summed E-state index contributed by atoms with van der Waals surface area (Å²) in [6, 6.07) is 15.5. The maximum Gasteiger partial charge on any atom is 0.221 e. The molecule has 2 N–H and O–H groups in total. The van der Waals surface area contributed by atoms with Crippen LogP contribution in [-0.4, -0.2) is 18.5 Å². The van der Waals surface area contributed by atoms with E-state index in [2.05, 4.69) is 10.6 Å². The van der Waals surface area contributed by atoms with Gasteiger partial charge in [0.15, 0.2) is 0 Å². The molecule has 0 atom stereocenters. The van der Waals surface area contributed by atoms with E-state index in [1.807, 2.05) is 62.4 Å². The van der Waals surface area contributed by atoms with E-state index in [1.54, 1.807) is 0 Å². The molecular formula is C19H23ClN2O2. The van der Waals surface area contributed by atoms with Crippen molar-refractivity contribution in [3.63, 3.8) is 0 Å². The van der Waals surface area contributed by atoms with Crippen molar-refractivity contribution < 1.29 is 9.53 Å². The maximum absolute atomic E-state index is 11.6. The molecule has 0 saturated carbocycles. The van der Waals surface area contributed by atoms with Crippen LogP contribution in [0.1, 0.15) is 25.8 Å². The zero-order valence-corrected chi connectivity index (χ0v) is 14.8. The molecule has 4 nitrogen and oxygen atoms in total. The molecular weight excluding hydrogens is 324 g/mol. The lowest BCUT2D eigenvalue weighted by molar-refractivity contribution is -0.121. The smallest absolute Gasteiger partial charge is 0.221 e. The van der Waals surface area contributed by atoms with E-state index in [0.29, 0.717) is 19.6 Å². The Morgan fingerprint density at radius 3 is 2.38 bits per heavy atom. The number of anilines is 1. The van der Waals surface area contributed by atoms with Crippen molar-refractivity contribution in [2.24, 2.45) is 0 Å². The van der Waals surface area contributed by atoms with Gasteiger partial charge in [-0.2, -0.15) is 0 Å². The number of ether oxygens (including phenoxy) is 1. The third-order valence-electron chi connectivity index (χ3n) is 3.30. The Morgan fingerprint density at radius 2 is 1.75 bits per heavy atom. The molecule has 0 saturated heterocycles. The van der Waals surface area contributed by atoms with Crippen LogP contribution < -0.4 is 15.4 Å². The summed E-state index contributed by atoms with van der Waals surface area (Å²) in [5.74, 6) is 0.855. The van der Waals surface area contributed by atoms with Gasteiger partial charge < -0.3 is 15.4 Å². The highest BCUT2D eigenvalue weighted by Crippen LogP contribution is 2.17. The van der Waals surface area contributed by atoms with Crippen LogP contribution in [0.5, 0.6) is 5.75 Å². The van der Waals surface area contributed by atoms with Crippen molar-refractivity contribution in [3.8, 4) is 5.75 Å². The lowest BCUT2D eigenvalue weighted by atomic mass is 10.2. The lowest BCUT2D eigenvalue weighted by Crippen LogP contribution is -2.31. The van der Waals surface area contributed by atoms with Crippen LogP contribution in [-0.2, 0) is 11.4 Å². The van der Waals surface area contributed by atoms with Gasteiger partial charge in [-0.15, -0.1) is 0 Å². The van der Waals surface area contributed by atoms with Crippen molar-refractivity contribution in [2.75, 3.05) is 11.9 Å². The quantitative estimate of drug-likeness (QED) is 0.751. The molecule has 0 aliphatic heterocycles. The van der Waals surface area contributed by atoms with Gasteiger partial charge in [-0.3, -0.25) is 4.79 Å². The predicted molar refractivity (Wildman–Crippen MR) is 98.6 cm³/mol. The van der Waals surface area contributed by atoms with Crippen LogP contribution in [0, 0.1) is 0 Å². The van der Waals surface area contributed by atoms with Gasteiger partial charge >= 0.3 is 0 Å². The number of hydrogen-bond acceptors (Lipinski definition) is 3. The van der Waals surface area contributed by atoms with E-state index >= 15 is 0 Å². The Balaban J connectivity index is 1.74. The molecule has 0 spiro atoms. The van der Waals surface area contributed by atoms with Gasteiger partial charge in [0.1, 0.15) is 12.4 Å². The topological polar surface area (TPSA) is 50.4 Å². The summed E-state index contributed by atoms with van der Waals surface area (Å²) in [6.07, 6.45) is 0.451. The largest absolute Gasteiger partial charge is 0.489 e. The van der Waals surface area contributed by atoms with Crippen molar-refractivity contribution in [1.29, 1.82) is 0 Å². The molecule has 0 bridgehead atoms. The molecule has 0 aliphatic carbocycles. The minimum Gasteiger partial charge on any atom is -0.489 e. The third-order valence-corrected chi connectivity index (χ3v) is 3.56. The second kappa shape index (κ2) is 9.18. The normalized spacial score (nSPS) is 10.5. The van der Waals surface area contributed by atoms with E-state index in [-0.39, 0.29) is 11.9 Å². The molecule has 128 valence electrons. The average Bonchev–Trinajstić information content (AvgIpc) is 2.55. The van der Waals surface area contributed by atoms with Crippen molar-refractivity contribution in [3.05, 3.63) is 59.1 Å². The molecule has 0 unspecified atom stereocenters. The molecule has 0 aromatic heterocycles. The Morgan fingerprint density at radius 1 is 1.08 bits per heavy atom. The first-order valence-corrected chi connectivity index (χ1v) is 8.41. The van der Waals surface area contributed by atoms with Gasteiger partial charge in [0, 0.05) is 29.7 Å². The molecule has 0 radical (unpaired) electrons. The Kier molecular flexibility index (Phi) is 6.94. The number of benzene rings is 2. The van der Waals surface area contributed by atoms with E-state index in [1.165, 1.54) is 0 Å². The fraction of sp³-hybridized carbons (Fsp3) is 0.316. The monoisotopic (exact) mass is 346 g/mol. The van der Waals surface area contributed by atoms with Crippen molar-refractivity contribution >= 4 is 23.2 Å². The highest BCUT2D eigenvalue weighted by molar-refractivity contribution is 6.30. The van der Waals surface area contributed by atoms with E-state index in [0.717, 1.165) is 22.0 Å². The summed E-state index contributed by atoms with van der Waals surface area (Å²) in [6.45, 7) is 5.00. The summed E-state index contributed by atoms with van der Waals surface area (Å²) in [5, 5.41) is 6.81. The van der Waals surface area contributed by atoms with Crippen LogP contribution in [0.25, 0.3) is 0 Å². The fourth-order valence-electron chi connectivity index (χ4n) is 2.13. The van der Waals surface area contributed by atoms with Crippen molar-refractivity contribution in [1.82, 2.24) is 5.32 Å². The number of nitrogens with one attached hydrogen (secondary N) is 2. The maximum atomic E-state index is 11.6. The van der Waals surface area contributed by atoms with Crippen LogP contribution in [0.4, 0.5) is 5.69 Å². The predicted octanol–water partition coefficient (Wildman–Crippen LogP) is 4.25. The molecule has 2 rings (SSSR count). The van der Waals surface area contributed by atoms with E-state index < -0.39 is 0 Å². The van der Waals surface area contributed by atoms with E-state index in [9.17, 15) is 4.79 Å². The number of carbonyl (C=O) groups is 1. The molecule has 0 aliphatic rings. The van der Waals surface area contributed by atoms with Gasteiger partial charge in [0.25, 0.3) is 0 Å². The highest BCUT2D eigenvalue weighted by Gasteiger charge is 2.03. The second-order valence-corrected chi connectivity index (χ2v) is 6.27. The van der Waals surface area contributed by atoms with Crippen LogP contribution in [0.3, 0.4) is 0 Å². The van der Waals surface area contributed by atoms with Crippen molar-refractivity contribution in [2.45, 2.75) is 32.9 Å². The fourth-order valence-corrected chi connectivity index (χ4v) is 2.26. The minimum atomic E-state index is 0.0559. The first-order valence-electron chi connectivity index (χ1n) is 8.03. The Hall–Kier alpha value is -2.20. The summed E-state index contributed by atoms with van der Waals surface area (Å²) >= 11 is 5.86. The van der Waals surface area contributed by atoms with E-state index in [4.69, 9.17) is 16.3 Å². The first kappa shape index (κ1) is 18.1. The summed E-state index contributed by atoms with van der Waals surface area (Å²) in [4.78, 5) is 11.6. The highest BCUT2D eigenvalue weighted by atomic mass is 35.5. The molecule has 24 heavy (non-hydrogen) atoms. The zero-order valence-electron chi connectivity index (χ0n) is 14.0. The van der Waals surface area contributed by atoms with Gasteiger partial charge in [0.05, 0.1) is 0 Å². The van der Waals surface area contributed by atoms with Gasteiger partial charge in [0.2, 0.25) is 5.91 Å². The lowest BCUT2D eigenvalue weighted by Gasteiger charge is -2.10. The number of carbonyl (C=O) groups excluding carboxylic acids is 1. The number of rotatable bonds is 8. The molecule has 5 heteroatoms. The third kappa shape index (κ3) is 6.50. The summed E-state index contributed by atoms with van der Waals surface area (Å²) < 4.78 is 5.74. The molecule has 2 aromatic carbocycles. The standard InChI is InChI=1S/C19H23ClN2O2/c1-14(2)22-19(23)11-12-21-17-7-9-18(10-8-17)24-13-15-3-5-16(20)6-4-15/h3-10,14,21H,11-13H2,1-2H3,(H,22,23). The molecule has 0 heterocycles. The summed E-state index contributed by atoms with van der Waals surface area (Å²) in [5.41, 5.74) is 2.03. The molecule has 2 aromatic rings. The number of hydrogen-bond donors (Lipinski definition) is 2. The minimum absolute atomic E-state index is 0.0559. The van der Waals surface area contributed by atoms with Crippen LogP contribution in [0.15, 0.2) is 48.5 Å². The number of halogens is 1. The van der Waals surface area contributed by atoms with Crippen LogP contribution in [0.2, 0.25) is 5.02 Å². The average molecular weight is 347 g/mol. The zero-order chi connectivity index (χ0) is 17.4. The Bertz CT molecular complexity index is 639. The van der Waals surface area contributed by atoms with Gasteiger partial charge in [-0.05, 0) is 55.8 Å². The Labute approximate surface area is 148 Å². The number of amides is 1. The second-order valence-electron chi connectivity index (χ2n) is 5.84. The van der Waals surface area contributed by atoms with Gasteiger partial charge in [-0.25, -0.2) is 0 Å². The summed E-state index contributed by atoms with van der Waals surface area (Å²) in [7, 11) is 0. The van der Waals surface area contributed by atoms with Gasteiger partial charge in [-0.1, -0.05) is 23.7 Å².